The van der Waals surface area contributed by atoms with E-state index in [9.17, 15) is 0 Å². The standard InChI is InChI=1S/C54H34/c1-31-15-3-5-17-33(31)49-41-23-11-12-24-42(41)50(34-18-6-4-16-32(34)2)54-46-30-29-43(39-26-14-28-45(48(39)46)53(49)54)47-38-21-9-10-22-40(38)51-36-20-8-7-19-35(36)37-25-13-27-44(47)52(37)51/h3-30H,1-2H3. The topological polar surface area (TPSA) is 0 Å². The molecule has 0 aromatic heterocycles. The largest absolute Gasteiger partial charge is 0.0620 e. The minimum atomic E-state index is 1.29. The molecule has 2 aliphatic carbocycles. The number of rotatable bonds is 3. The molecule has 12 rings (SSSR count). The molecule has 0 nitrogen and oxygen atoms in total. The summed E-state index contributed by atoms with van der Waals surface area (Å²) in [6.45, 7) is 4.51. The molecular formula is C54H34. The molecule has 0 spiro atoms. The molecule has 250 valence electrons. The first-order valence-corrected chi connectivity index (χ1v) is 19.0. The molecule has 0 unspecified atom stereocenters. The lowest BCUT2D eigenvalue weighted by atomic mass is 9.81. The summed E-state index contributed by atoms with van der Waals surface area (Å²) >= 11 is 0. The third kappa shape index (κ3) is 3.77. The zero-order valence-corrected chi connectivity index (χ0v) is 30.2. The second kappa shape index (κ2) is 10.9. The van der Waals surface area contributed by atoms with Gasteiger partial charge >= 0.3 is 0 Å². The molecule has 0 amide bonds. The van der Waals surface area contributed by atoms with E-state index >= 15 is 0 Å². The summed E-state index contributed by atoms with van der Waals surface area (Å²) in [7, 11) is 0. The van der Waals surface area contributed by atoms with Crippen LogP contribution in [0.15, 0.2) is 170 Å². The SMILES string of the molecule is Cc1ccccc1-c1c2c(c(-c3ccccc3C)c3ccccc13)-c1ccc(-c3c4ccccc4c4c5c(cccc35)-c3ccccc3-4)c3cccc-2c13. The Hall–Kier alpha value is -6.76. The predicted octanol–water partition coefficient (Wildman–Crippen LogP) is 15.2. The van der Waals surface area contributed by atoms with E-state index in [0.29, 0.717) is 0 Å². The lowest BCUT2D eigenvalue weighted by Gasteiger charge is -2.22. The van der Waals surface area contributed by atoms with Crippen molar-refractivity contribution in [3.05, 3.63) is 181 Å². The molecule has 0 fully saturated rings. The Bertz CT molecular complexity index is 3190. The summed E-state index contributed by atoms with van der Waals surface area (Å²) in [5.74, 6) is 0. The van der Waals surface area contributed by atoms with Crippen LogP contribution in [-0.2, 0) is 0 Å². The lowest BCUT2D eigenvalue weighted by molar-refractivity contribution is 1.46. The van der Waals surface area contributed by atoms with E-state index in [-0.39, 0.29) is 0 Å². The van der Waals surface area contributed by atoms with Gasteiger partial charge < -0.3 is 0 Å². The Morgan fingerprint density at radius 1 is 0.204 bits per heavy atom. The molecule has 0 radical (unpaired) electrons. The third-order valence-electron chi connectivity index (χ3n) is 12.4. The van der Waals surface area contributed by atoms with Gasteiger partial charge in [-0.3, -0.25) is 0 Å². The van der Waals surface area contributed by atoms with E-state index in [0.717, 1.165) is 0 Å². The second-order valence-corrected chi connectivity index (χ2v) is 15.1. The highest BCUT2D eigenvalue weighted by atomic mass is 14.4. The van der Waals surface area contributed by atoms with Gasteiger partial charge in [0.1, 0.15) is 0 Å². The van der Waals surface area contributed by atoms with E-state index in [1.165, 1.54) is 132 Å². The summed E-state index contributed by atoms with van der Waals surface area (Å²) < 4.78 is 0. The highest BCUT2D eigenvalue weighted by molar-refractivity contribution is 6.33. The molecular weight excluding hydrogens is 649 g/mol. The first-order valence-electron chi connectivity index (χ1n) is 19.0. The van der Waals surface area contributed by atoms with Crippen LogP contribution >= 0.6 is 0 Å². The summed E-state index contributed by atoms with van der Waals surface area (Å²) in [4.78, 5) is 0. The van der Waals surface area contributed by atoms with E-state index in [2.05, 4.69) is 184 Å². The fourth-order valence-electron chi connectivity index (χ4n) is 10.2. The molecule has 0 aliphatic heterocycles. The van der Waals surface area contributed by atoms with Crippen LogP contribution in [0, 0.1) is 13.8 Å². The summed E-state index contributed by atoms with van der Waals surface area (Å²) in [5.41, 5.74) is 21.1. The van der Waals surface area contributed by atoms with Gasteiger partial charge in [0.2, 0.25) is 0 Å². The van der Waals surface area contributed by atoms with Crippen molar-refractivity contribution in [1.82, 2.24) is 0 Å². The number of benzene rings is 10. The van der Waals surface area contributed by atoms with Crippen molar-refractivity contribution in [1.29, 1.82) is 0 Å². The molecule has 0 saturated carbocycles. The molecule has 54 heavy (non-hydrogen) atoms. The Morgan fingerprint density at radius 3 is 1.22 bits per heavy atom. The second-order valence-electron chi connectivity index (χ2n) is 15.1. The van der Waals surface area contributed by atoms with Crippen LogP contribution in [0.5, 0.6) is 0 Å². The van der Waals surface area contributed by atoms with Crippen LogP contribution in [0.2, 0.25) is 0 Å². The minimum absolute atomic E-state index is 1.29. The number of fused-ring (bicyclic) bond motifs is 9. The fourth-order valence-corrected chi connectivity index (χ4v) is 10.2. The van der Waals surface area contributed by atoms with Crippen molar-refractivity contribution in [3.63, 3.8) is 0 Å². The number of hydrogen-bond donors (Lipinski definition) is 0. The van der Waals surface area contributed by atoms with Gasteiger partial charge in [-0.05, 0) is 146 Å². The van der Waals surface area contributed by atoms with Gasteiger partial charge in [0.15, 0.2) is 0 Å². The molecule has 10 aromatic carbocycles. The lowest BCUT2D eigenvalue weighted by Crippen LogP contribution is -1.95. The number of aryl methyl sites for hydroxylation is 2. The molecule has 0 saturated heterocycles. The van der Waals surface area contributed by atoms with Crippen molar-refractivity contribution < 1.29 is 0 Å². The summed E-state index contributed by atoms with van der Waals surface area (Å²) in [6.07, 6.45) is 0. The normalized spacial score (nSPS) is 12.3. The molecule has 0 heterocycles. The summed E-state index contributed by atoms with van der Waals surface area (Å²) in [6, 6.07) is 63.8. The van der Waals surface area contributed by atoms with Crippen molar-refractivity contribution in [2.24, 2.45) is 0 Å². The summed E-state index contributed by atoms with van der Waals surface area (Å²) in [5, 5.41) is 10.6. The quantitative estimate of drug-likeness (QED) is 0.163. The zero-order valence-electron chi connectivity index (χ0n) is 30.2. The minimum Gasteiger partial charge on any atom is -0.0620 e. The first-order chi connectivity index (χ1) is 26.7. The van der Waals surface area contributed by atoms with Crippen LogP contribution in [0.4, 0.5) is 0 Å². The molecule has 0 N–H and O–H groups in total. The smallest absolute Gasteiger partial charge is 0.000731 e. The number of hydrogen-bond acceptors (Lipinski definition) is 0. The van der Waals surface area contributed by atoms with Crippen LogP contribution in [0.3, 0.4) is 0 Å². The van der Waals surface area contributed by atoms with Crippen LogP contribution in [0.25, 0.3) is 121 Å². The van der Waals surface area contributed by atoms with Crippen molar-refractivity contribution in [2.75, 3.05) is 0 Å². The van der Waals surface area contributed by atoms with Gasteiger partial charge in [-0.1, -0.05) is 170 Å². The maximum absolute atomic E-state index is 2.44. The van der Waals surface area contributed by atoms with Gasteiger partial charge in [0.05, 0.1) is 0 Å². The fraction of sp³-hybridized carbons (Fsp3) is 0.0370. The van der Waals surface area contributed by atoms with Crippen molar-refractivity contribution in [2.45, 2.75) is 13.8 Å². The van der Waals surface area contributed by atoms with Crippen molar-refractivity contribution in [3.8, 4) is 77.9 Å². The van der Waals surface area contributed by atoms with Crippen LogP contribution in [-0.4, -0.2) is 0 Å². The highest BCUT2D eigenvalue weighted by Gasteiger charge is 2.33. The first kappa shape index (κ1) is 29.8. The molecule has 0 heteroatoms. The average molecular weight is 683 g/mol. The molecule has 0 bridgehead atoms. The Morgan fingerprint density at radius 2 is 0.611 bits per heavy atom. The van der Waals surface area contributed by atoms with Crippen molar-refractivity contribution >= 4 is 43.1 Å². The van der Waals surface area contributed by atoms with Gasteiger partial charge in [0.25, 0.3) is 0 Å². The van der Waals surface area contributed by atoms with E-state index in [4.69, 9.17) is 0 Å². The Balaban J connectivity index is 1.25. The van der Waals surface area contributed by atoms with Crippen LogP contribution < -0.4 is 0 Å². The molecule has 2 aliphatic rings. The van der Waals surface area contributed by atoms with Gasteiger partial charge in [-0.15, -0.1) is 0 Å². The van der Waals surface area contributed by atoms with Gasteiger partial charge in [-0.25, -0.2) is 0 Å². The van der Waals surface area contributed by atoms with E-state index in [1.54, 1.807) is 0 Å². The van der Waals surface area contributed by atoms with Gasteiger partial charge in [-0.2, -0.15) is 0 Å². The maximum atomic E-state index is 2.44. The Kier molecular flexibility index (Phi) is 6.00. The van der Waals surface area contributed by atoms with Crippen LogP contribution in [0.1, 0.15) is 11.1 Å². The molecule has 10 aromatic rings. The predicted molar refractivity (Wildman–Crippen MR) is 231 cm³/mol. The van der Waals surface area contributed by atoms with Gasteiger partial charge in [0, 0.05) is 0 Å². The monoisotopic (exact) mass is 682 g/mol. The maximum Gasteiger partial charge on any atom is -0.000731 e. The third-order valence-corrected chi connectivity index (χ3v) is 12.4. The van der Waals surface area contributed by atoms with E-state index in [1.807, 2.05) is 0 Å². The Labute approximate surface area is 314 Å². The average Bonchev–Trinajstić information content (AvgIpc) is 3.73. The molecule has 0 atom stereocenters. The zero-order chi connectivity index (χ0) is 35.7. The van der Waals surface area contributed by atoms with E-state index < -0.39 is 0 Å². The highest BCUT2D eigenvalue weighted by Crippen LogP contribution is 2.60.